The molecule has 3 heterocycles. The van der Waals surface area contributed by atoms with E-state index < -0.39 is 18.1 Å². The Bertz CT molecular complexity index is 1340. The molecule has 3 aromatic rings. The van der Waals surface area contributed by atoms with Crippen molar-refractivity contribution in [2.75, 3.05) is 68.2 Å². The average Bonchev–Trinajstić information content (AvgIpc) is 3.36. The second-order valence-electron chi connectivity index (χ2n) is 9.02. The van der Waals surface area contributed by atoms with Gasteiger partial charge in [-0.2, -0.15) is 9.97 Å². The predicted octanol–water partition coefficient (Wildman–Crippen LogP) is 3.28. The van der Waals surface area contributed by atoms with Gasteiger partial charge in [0.15, 0.2) is 0 Å². The first-order chi connectivity index (χ1) is 19.4. The minimum atomic E-state index is -0.516. The second kappa shape index (κ2) is 12.0. The lowest BCUT2D eigenvalue weighted by molar-refractivity contribution is 0.0916. The van der Waals surface area contributed by atoms with Crippen LogP contribution in [0.3, 0.4) is 0 Å². The van der Waals surface area contributed by atoms with Gasteiger partial charge in [-0.05, 0) is 36.4 Å². The van der Waals surface area contributed by atoms with E-state index in [-0.39, 0.29) is 34.2 Å². The van der Waals surface area contributed by atoms with Gasteiger partial charge in [0.2, 0.25) is 5.95 Å². The fourth-order valence-electron chi connectivity index (χ4n) is 4.51. The number of methoxy groups -OCH3 is 2. The SMILES string of the molecule is COc1nc(OC)nc(N2CCN(c3ccc(N4C[C@H](CNC(=O)c5c(Cl)cccc5Cl)OC4=O)cc3)CC2)n1. The summed E-state index contributed by atoms with van der Waals surface area (Å²) in [5.74, 6) is 0.0790. The number of cyclic esters (lactones) is 1. The molecule has 2 saturated heterocycles. The molecule has 2 aliphatic heterocycles. The molecular weight excluding hydrogens is 561 g/mol. The molecular formula is C26H27Cl2N7O5. The topological polar surface area (TPSA) is 122 Å². The zero-order valence-electron chi connectivity index (χ0n) is 21.8. The van der Waals surface area contributed by atoms with Crippen LogP contribution < -0.4 is 29.5 Å². The summed E-state index contributed by atoms with van der Waals surface area (Å²) in [6.07, 6.45) is -0.988. The molecule has 0 spiro atoms. The smallest absolute Gasteiger partial charge is 0.414 e. The van der Waals surface area contributed by atoms with Crippen LogP contribution in [0.25, 0.3) is 0 Å². The molecule has 12 nitrogen and oxygen atoms in total. The number of hydrogen-bond donors (Lipinski definition) is 1. The summed E-state index contributed by atoms with van der Waals surface area (Å²) in [4.78, 5) is 43.7. The van der Waals surface area contributed by atoms with Gasteiger partial charge >= 0.3 is 18.1 Å². The van der Waals surface area contributed by atoms with Gasteiger partial charge in [0.05, 0.1) is 42.9 Å². The number of nitrogens with one attached hydrogen (secondary N) is 1. The quantitative estimate of drug-likeness (QED) is 0.420. The van der Waals surface area contributed by atoms with E-state index in [9.17, 15) is 9.59 Å². The zero-order chi connectivity index (χ0) is 28.2. The summed E-state index contributed by atoms with van der Waals surface area (Å²) in [7, 11) is 3.00. The molecule has 1 atom stereocenters. The van der Waals surface area contributed by atoms with Crippen molar-refractivity contribution in [2.24, 2.45) is 0 Å². The maximum atomic E-state index is 12.6. The Balaban J connectivity index is 1.15. The Morgan fingerprint density at radius 2 is 1.50 bits per heavy atom. The largest absolute Gasteiger partial charge is 0.467 e. The molecule has 1 N–H and O–H groups in total. The number of halogens is 2. The van der Waals surface area contributed by atoms with Crippen LogP contribution in [-0.4, -0.2) is 86.5 Å². The molecule has 5 rings (SSSR count). The van der Waals surface area contributed by atoms with Crippen molar-refractivity contribution in [3.63, 3.8) is 0 Å². The number of ether oxygens (including phenoxy) is 3. The Labute approximate surface area is 240 Å². The van der Waals surface area contributed by atoms with Crippen LogP contribution in [0.4, 0.5) is 22.1 Å². The fourth-order valence-corrected chi connectivity index (χ4v) is 5.08. The lowest BCUT2D eigenvalue weighted by Crippen LogP contribution is -2.47. The minimum absolute atomic E-state index is 0.129. The van der Waals surface area contributed by atoms with Crippen molar-refractivity contribution in [2.45, 2.75) is 6.10 Å². The van der Waals surface area contributed by atoms with Gasteiger partial charge in [0.25, 0.3) is 5.91 Å². The fraction of sp³-hybridized carbons (Fsp3) is 0.346. The standard InChI is InChI=1S/C26H27Cl2N7O5/c1-38-24-30-23(31-25(32-24)39-2)34-12-10-33(11-13-34)16-6-8-17(9-7-16)35-15-18(40-26(35)37)14-29-22(36)21-19(27)4-3-5-20(21)28/h3-9,18H,10-15H2,1-2H3,(H,29,36)/t18-/m0/s1. The summed E-state index contributed by atoms with van der Waals surface area (Å²) in [5, 5.41) is 3.25. The summed E-state index contributed by atoms with van der Waals surface area (Å²) < 4.78 is 15.8. The number of aromatic nitrogens is 3. The monoisotopic (exact) mass is 587 g/mol. The van der Waals surface area contributed by atoms with Gasteiger partial charge < -0.3 is 29.3 Å². The maximum Gasteiger partial charge on any atom is 0.414 e. The lowest BCUT2D eigenvalue weighted by atomic mass is 10.2. The second-order valence-corrected chi connectivity index (χ2v) is 9.84. The molecule has 14 heteroatoms. The molecule has 210 valence electrons. The first-order valence-corrected chi connectivity index (χ1v) is 13.3. The third-order valence-corrected chi connectivity index (χ3v) is 7.22. The molecule has 2 aromatic carbocycles. The number of nitrogens with zero attached hydrogens (tertiary/aromatic N) is 6. The van der Waals surface area contributed by atoms with Crippen molar-refractivity contribution in [1.29, 1.82) is 0 Å². The lowest BCUT2D eigenvalue weighted by Gasteiger charge is -2.36. The Morgan fingerprint density at radius 1 is 0.925 bits per heavy atom. The number of carbonyl (C=O) groups is 2. The Kier molecular flexibility index (Phi) is 8.27. The average molecular weight is 588 g/mol. The molecule has 2 amide bonds. The van der Waals surface area contributed by atoms with E-state index in [4.69, 9.17) is 37.4 Å². The van der Waals surface area contributed by atoms with Gasteiger partial charge in [0, 0.05) is 37.6 Å². The molecule has 40 heavy (non-hydrogen) atoms. The van der Waals surface area contributed by atoms with Crippen LogP contribution in [0.1, 0.15) is 10.4 Å². The summed E-state index contributed by atoms with van der Waals surface area (Å²) >= 11 is 12.2. The van der Waals surface area contributed by atoms with Gasteiger partial charge in [-0.15, -0.1) is 4.98 Å². The first kappa shape index (κ1) is 27.5. The number of amides is 2. The highest BCUT2D eigenvalue weighted by molar-refractivity contribution is 6.39. The van der Waals surface area contributed by atoms with Crippen LogP contribution in [-0.2, 0) is 4.74 Å². The van der Waals surface area contributed by atoms with Crippen LogP contribution in [0.15, 0.2) is 42.5 Å². The summed E-state index contributed by atoms with van der Waals surface area (Å²) in [5.41, 5.74) is 1.93. The highest BCUT2D eigenvalue weighted by atomic mass is 35.5. The van der Waals surface area contributed by atoms with Gasteiger partial charge in [-0.25, -0.2) is 4.79 Å². The number of benzene rings is 2. The summed E-state index contributed by atoms with van der Waals surface area (Å²) in [6, 6.07) is 13.0. The maximum absolute atomic E-state index is 12.6. The van der Waals surface area contributed by atoms with Crippen LogP contribution in [0, 0.1) is 0 Å². The minimum Gasteiger partial charge on any atom is -0.467 e. The Morgan fingerprint density at radius 3 is 2.10 bits per heavy atom. The predicted molar refractivity (Wildman–Crippen MR) is 150 cm³/mol. The normalized spacial score (nSPS) is 17.1. The molecule has 0 saturated carbocycles. The molecule has 1 aromatic heterocycles. The molecule has 2 fully saturated rings. The van der Waals surface area contributed by atoms with E-state index >= 15 is 0 Å². The van der Waals surface area contributed by atoms with E-state index in [0.29, 0.717) is 31.3 Å². The van der Waals surface area contributed by atoms with Gasteiger partial charge in [0.1, 0.15) is 6.10 Å². The number of hydrogen-bond acceptors (Lipinski definition) is 10. The number of piperazine rings is 1. The van der Waals surface area contributed by atoms with Crippen LogP contribution >= 0.6 is 23.2 Å². The van der Waals surface area contributed by atoms with Crippen molar-refractivity contribution < 1.29 is 23.8 Å². The first-order valence-electron chi connectivity index (χ1n) is 12.5. The van der Waals surface area contributed by atoms with E-state index in [2.05, 4.69) is 30.1 Å². The van der Waals surface area contributed by atoms with E-state index in [1.165, 1.54) is 14.2 Å². The number of rotatable bonds is 8. The molecule has 2 aliphatic rings. The highest BCUT2D eigenvalue weighted by Gasteiger charge is 2.33. The number of carbonyl (C=O) groups excluding carboxylic acids is 2. The highest BCUT2D eigenvalue weighted by Crippen LogP contribution is 2.27. The van der Waals surface area contributed by atoms with E-state index in [0.717, 1.165) is 18.8 Å². The molecule has 0 radical (unpaired) electrons. The molecule has 0 bridgehead atoms. The third kappa shape index (κ3) is 5.92. The molecule has 0 aliphatic carbocycles. The Hall–Kier alpha value is -4.03. The third-order valence-electron chi connectivity index (χ3n) is 6.59. The van der Waals surface area contributed by atoms with Crippen LogP contribution in [0.5, 0.6) is 12.0 Å². The van der Waals surface area contributed by atoms with Crippen LogP contribution in [0.2, 0.25) is 10.0 Å². The zero-order valence-corrected chi connectivity index (χ0v) is 23.4. The van der Waals surface area contributed by atoms with E-state index in [1.807, 2.05) is 24.3 Å². The molecule has 0 unspecified atom stereocenters. The van der Waals surface area contributed by atoms with Crippen molar-refractivity contribution in [1.82, 2.24) is 20.3 Å². The van der Waals surface area contributed by atoms with E-state index in [1.54, 1.807) is 23.1 Å². The van der Waals surface area contributed by atoms with Crippen molar-refractivity contribution >= 4 is 52.5 Å². The van der Waals surface area contributed by atoms with Gasteiger partial charge in [-0.1, -0.05) is 29.3 Å². The van der Waals surface area contributed by atoms with Gasteiger partial charge in [-0.3, -0.25) is 9.69 Å². The summed E-state index contributed by atoms with van der Waals surface area (Å²) in [6.45, 7) is 3.32. The van der Waals surface area contributed by atoms with Crippen molar-refractivity contribution in [3.8, 4) is 12.0 Å². The van der Waals surface area contributed by atoms with Crippen molar-refractivity contribution in [3.05, 3.63) is 58.1 Å². The number of anilines is 3.